The Labute approximate surface area is 152 Å². The van der Waals surface area contributed by atoms with E-state index in [1.165, 1.54) is 24.4 Å². The first-order valence-corrected chi connectivity index (χ1v) is 8.89. The molecule has 0 unspecified atom stereocenters. The van der Waals surface area contributed by atoms with Crippen LogP contribution in [0.25, 0.3) is 11.2 Å². The number of aliphatic hydroxyl groups is 2. The van der Waals surface area contributed by atoms with Crippen molar-refractivity contribution >= 4 is 28.7 Å². The van der Waals surface area contributed by atoms with Crippen LogP contribution >= 0.6 is 11.8 Å². The van der Waals surface area contributed by atoms with Gasteiger partial charge in [0.25, 0.3) is 0 Å². The Bertz CT molecular complexity index is 936. The molecule has 3 aromatic rings. The number of nitrogens with zero attached hydrogens (tertiary/aromatic N) is 4. The number of anilines is 1. The molecule has 10 heteroatoms. The van der Waals surface area contributed by atoms with E-state index in [9.17, 15) is 15.3 Å². The summed E-state index contributed by atoms with van der Waals surface area (Å²) in [6.07, 6.45) is -0.873. The predicted octanol–water partition coefficient (Wildman–Crippen LogP) is 0.526. The van der Waals surface area contributed by atoms with Crippen molar-refractivity contribution in [3.63, 3.8) is 0 Å². The summed E-state index contributed by atoms with van der Waals surface area (Å²) < 4.78 is 7.41. The minimum absolute atomic E-state index is 0.169. The molecule has 0 aliphatic carbocycles. The number of nitrogen functional groups attached to an aromatic ring is 1. The van der Waals surface area contributed by atoms with E-state index in [1.807, 2.05) is 6.07 Å². The zero-order valence-corrected chi connectivity index (χ0v) is 14.3. The van der Waals surface area contributed by atoms with E-state index < -0.39 is 24.5 Å². The molecule has 0 saturated carbocycles. The average molecular weight is 375 g/mol. The number of imidazole rings is 1. The number of rotatable bonds is 4. The highest BCUT2D eigenvalue weighted by Crippen LogP contribution is 2.34. The summed E-state index contributed by atoms with van der Waals surface area (Å²) in [5.74, 6) is 0.808. The van der Waals surface area contributed by atoms with Crippen molar-refractivity contribution in [1.82, 2.24) is 19.5 Å². The average Bonchev–Trinajstić information content (AvgIpc) is 3.17. The highest BCUT2D eigenvalue weighted by atomic mass is 32.2. The van der Waals surface area contributed by atoms with Crippen LogP contribution < -0.4 is 5.73 Å². The molecule has 3 heterocycles. The zero-order chi connectivity index (χ0) is 18.3. The number of hydrogen-bond donors (Lipinski definition) is 4. The second-order valence-corrected chi connectivity index (χ2v) is 7.03. The van der Waals surface area contributed by atoms with Gasteiger partial charge in [0.2, 0.25) is 0 Å². The molecule has 136 valence electrons. The smallest absolute Gasteiger partial charge is 0.167 e. The van der Waals surface area contributed by atoms with Gasteiger partial charge in [-0.05, 0) is 18.2 Å². The van der Waals surface area contributed by atoms with E-state index >= 15 is 0 Å². The van der Waals surface area contributed by atoms with E-state index in [2.05, 4.69) is 15.0 Å². The maximum atomic E-state index is 10.4. The fourth-order valence-corrected chi connectivity index (χ4v) is 3.92. The van der Waals surface area contributed by atoms with Gasteiger partial charge in [0.1, 0.15) is 29.8 Å². The molecule has 0 bridgehead atoms. The van der Waals surface area contributed by atoms with Crippen LogP contribution in [-0.2, 0) is 4.74 Å². The van der Waals surface area contributed by atoms with Gasteiger partial charge in [-0.3, -0.25) is 4.57 Å². The first-order chi connectivity index (χ1) is 12.5. The molecule has 9 nitrogen and oxygen atoms in total. The number of nitrogens with two attached hydrogens (primary N) is 1. The lowest BCUT2D eigenvalue weighted by Crippen LogP contribution is -2.32. The van der Waals surface area contributed by atoms with Gasteiger partial charge in [-0.25, -0.2) is 15.0 Å². The van der Waals surface area contributed by atoms with Gasteiger partial charge < -0.3 is 25.8 Å². The number of thioether (sulfide) groups is 1. The number of aliphatic hydroxyl groups excluding tert-OH is 2. The summed E-state index contributed by atoms with van der Waals surface area (Å²) in [5.41, 5.74) is 6.62. The van der Waals surface area contributed by atoms with E-state index in [1.54, 1.807) is 22.8 Å². The van der Waals surface area contributed by atoms with E-state index in [4.69, 9.17) is 10.5 Å². The standard InChI is InChI=1S/C16H17N5O4S/c17-14-11-15(19-6-18-14)21(7-20-11)16-13(24)12(23)10(25-16)5-26-9-3-1-2-8(22)4-9/h1-4,6-7,10,12-13,16,22-24H,5H2,(H2,17,18,19)/t10-,12-,13-,16-/m1/s1. The lowest BCUT2D eigenvalue weighted by atomic mass is 10.1. The number of hydrogen-bond acceptors (Lipinski definition) is 9. The third-order valence-electron chi connectivity index (χ3n) is 4.23. The summed E-state index contributed by atoms with van der Waals surface area (Å²) >= 11 is 1.42. The number of phenolic OH excluding ortho intramolecular Hbond substituents is 1. The number of fused-ring (bicyclic) bond motifs is 1. The predicted molar refractivity (Wildman–Crippen MR) is 94.5 cm³/mol. The minimum Gasteiger partial charge on any atom is -0.508 e. The lowest BCUT2D eigenvalue weighted by Gasteiger charge is -2.16. The van der Waals surface area contributed by atoms with E-state index in [-0.39, 0.29) is 11.6 Å². The van der Waals surface area contributed by atoms with E-state index in [0.717, 1.165) is 4.90 Å². The molecule has 1 fully saturated rings. The second-order valence-electron chi connectivity index (χ2n) is 5.94. The van der Waals surface area contributed by atoms with Crippen LogP contribution in [0.2, 0.25) is 0 Å². The largest absolute Gasteiger partial charge is 0.508 e. The molecule has 4 atom stereocenters. The molecular formula is C16H17N5O4S. The molecule has 1 aliphatic heterocycles. The second kappa shape index (κ2) is 6.72. The summed E-state index contributed by atoms with van der Waals surface area (Å²) in [7, 11) is 0. The summed E-state index contributed by atoms with van der Waals surface area (Å²) in [6.45, 7) is 0. The van der Waals surface area contributed by atoms with Crippen LogP contribution in [0.15, 0.2) is 41.8 Å². The van der Waals surface area contributed by atoms with Crippen LogP contribution in [0.1, 0.15) is 6.23 Å². The SMILES string of the molecule is Nc1ncnc2c1ncn2[C@@H]1O[C@H](CSc2cccc(O)c2)[C@@H](O)[C@H]1O. The van der Waals surface area contributed by atoms with Gasteiger partial charge in [0, 0.05) is 10.6 Å². The van der Waals surface area contributed by atoms with Gasteiger partial charge in [0.05, 0.1) is 12.4 Å². The first-order valence-electron chi connectivity index (χ1n) is 7.91. The maximum absolute atomic E-state index is 10.4. The molecule has 1 aliphatic rings. The Morgan fingerprint density at radius 2 is 2.04 bits per heavy atom. The summed E-state index contributed by atoms with van der Waals surface area (Å²) in [4.78, 5) is 13.0. The number of phenols is 1. The number of aromatic hydroxyl groups is 1. The van der Waals surface area contributed by atoms with Crippen molar-refractivity contribution in [1.29, 1.82) is 0 Å². The van der Waals surface area contributed by atoms with Gasteiger partial charge in [-0.1, -0.05) is 6.07 Å². The topological polar surface area (TPSA) is 140 Å². The molecule has 5 N–H and O–H groups in total. The van der Waals surface area contributed by atoms with Crippen molar-refractivity contribution in [3.8, 4) is 5.75 Å². The lowest BCUT2D eigenvalue weighted by molar-refractivity contribution is -0.0289. The highest BCUT2D eigenvalue weighted by molar-refractivity contribution is 7.99. The van der Waals surface area contributed by atoms with Crippen LogP contribution in [0.3, 0.4) is 0 Å². The molecule has 1 saturated heterocycles. The molecule has 4 rings (SSSR count). The third-order valence-corrected chi connectivity index (χ3v) is 5.31. The van der Waals surface area contributed by atoms with Crippen LogP contribution in [0.5, 0.6) is 5.75 Å². The summed E-state index contributed by atoms with van der Waals surface area (Å²) in [5, 5.41) is 30.3. The van der Waals surface area contributed by atoms with Crippen LogP contribution in [-0.4, -0.2) is 58.9 Å². The zero-order valence-electron chi connectivity index (χ0n) is 13.5. The van der Waals surface area contributed by atoms with Crippen molar-refractivity contribution < 1.29 is 20.1 Å². The molecule has 2 aromatic heterocycles. The van der Waals surface area contributed by atoms with Gasteiger partial charge in [0.15, 0.2) is 17.7 Å². The fraction of sp³-hybridized carbons (Fsp3) is 0.312. The Morgan fingerprint density at radius 3 is 2.85 bits per heavy atom. The molecular weight excluding hydrogens is 358 g/mol. The Hall–Kier alpha value is -2.40. The van der Waals surface area contributed by atoms with Gasteiger partial charge >= 0.3 is 0 Å². The number of ether oxygens (including phenoxy) is 1. The molecule has 1 aromatic carbocycles. The fourth-order valence-electron chi connectivity index (χ4n) is 2.90. The highest BCUT2D eigenvalue weighted by Gasteiger charge is 2.44. The van der Waals surface area contributed by atoms with Crippen molar-refractivity contribution in [2.75, 3.05) is 11.5 Å². The maximum Gasteiger partial charge on any atom is 0.167 e. The summed E-state index contributed by atoms with van der Waals surface area (Å²) in [6, 6.07) is 6.80. The minimum atomic E-state index is -1.14. The molecule has 0 spiro atoms. The quantitative estimate of drug-likeness (QED) is 0.481. The van der Waals surface area contributed by atoms with Crippen molar-refractivity contribution in [3.05, 3.63) is 36.9 Å². The molecule has 26 heavy (non-hydrogen) atoms. The third kappa shape index (κ3) is 2.97. The van der Waals surface area contributed by atoms with Crippen LogP contribution in [0.4, 0.5) is 5.82 Å². The Balaban J connectivity index is 1.53. The molecule has 0 amide bonds. The number of benzene rings is 1. The molecule has 0 radical (unpaired) electrons. The van der Waals surface area contributed by atoms with Gasteiger partial charge in [-0.2, -0.15) is 0 Å². The van der Waals surface area contributed by atoms with Crippen LogP contribution in [0, 0.1) is 0 Å². The Morgan fingerprint density at radius 1 is 1.19 bits per heavy atom. The van der Waals surface area contributed by atoms with Crippen molar-refractivity contribution in [2.45, 2.75) is 29.4 Å². The van der Waals surface area contributed by atoms with Crippen molar-refractivity contribution in [2.24, 2.45) is 0 Å². The monoisotopic (exact) mass is 375 g/mol. The van der Waals surface area contributed by atoms with E-state index in [0.29, 0.717) is 16.9 Å². The number of aromatic nitrogens is 4. The Kier molecular flexibility index (Phi) is 4.41. The van der Waals surface area contributed by atoms with Gasteiger partial charge in [-0.15, -0.1) is 11.8 Å². The normalized spacial score (nSPS) is 25.8. The first kappa shape index (κ1) is 17.0.